The van der Waals surface area contributed by atoms with Crippen molar-refractivity contribution in [1.29, 1.82) is 0 Å². The van der Waals surface area contributed by atoms with Crippen molar-refractivity contribution in [3.8, 4) is 0 Å². The number of guanidine groups is 1. The molecule has 1 aliphatic rings. The second-order valence-electron chi connectivity index (χ2n) is 7.33. The zero-order valence-corrected chi connectivity index (χ0v) is 18.7. The molecule has 1 aromatic rings. The predicted molar refractivity (Wildman–Crippen MR) is 114 cm³/mol. The highest BCUT2D eigenvalue weighted by Gasteiger charge is 2.27. The Kier molecular flexibility index (Phi) is 9.44. The average molecular weight is 447 g/mol. The fraction of sp³-hybridized carbons (Fsp3) is 0.650. The highest BCUT2D eigenvalue weighted by molar-refractivity contribution is 7.90. The Morgan fingerprint density at radius 2 is 1.93 bits per heavy atom. The molecule has 0 aromatic heterocycles. The number of nitrogens with one attached hydrogen (secondary N) is 1. The Morgan fingerprint density at radius 1 is 1.23 bits per heavy atom. The molecule has 0 saturated carbocycles. The Balaban J connectivity index is 1.81. The lowest BCUT2D eigenvalue weighted by Gasteiger charge is -2.40. The van der Waals surface area contributed by atoms with Gasteiger partial charge in [0.05, 0.1) is 19.0 Å². The van der Waals surface area contributed by atoms with Crippen molar-refractivity contribution in [3.63, 3.8) is 0 Å². The summed E-state index contributed by atoms with van der Waals surface area (Å²) in [6.07, 6.45) is 1.92. The van der Waals surface area contributed by atoms with Gasteiger partial charge >= 0.3 is 0 Å². The van der Waals surface area contributed by atoms with E-state index in [4.69, 9.17) is 4.74 Å². The summed E-state index contributed by atoms with van der Waals surface area (Å²) in [5, 5.41) is 3.22. The molecule has 1 fully saturated rings. The van der Waals surface area contributed by atoms with E-state index in [9.17, 15) is 17.2 Å². The van der Waals surface area contributed by atoms with Crippen LogP contribution < -0.4 is 5.32 Å². The van der Waals surface area contributed by atoms with Gasteiger partial charge in [-0.3, -0.25) is 9.89 Å². The molecule has 10 heteroatoms. The van der Waals surface area contributed by atoms with Gasteiger partial charge in [-0.1, -0.05) is 13.0 Å². The van der Waals surface area contributed by atoms with Crippen LogP contribution >= 0.6 is 0 Å². The maximum absolute atomic E-state index is 14.2. The first-order valence-corrected chi connectivity index (χ1v) is 12.2. The number of aliphatic imine (C=N–C) groups is 1. The van der Waals surface area contributed by atoms with Crippen LogP contribution in [0.2, 0.25) is 0 Å². The van der Waals surface area contributed by atoms with Gasteiger partial charge in [-0.25, -0.2) is 17.2 Å². The summed E-state index contributed by atoms with van der Waals surface area (Å²) in [6, 6.07) is 3.69. The maximum Gasteiger partial charge on any atom is 0.193 e. The quantitative estimate of drug-likeness (QED) is 0.353. The Labute approximate surface area is 178 Å². The molecule has 1 aromatic carbocycles. The number of ether oxygens (including phenoxy) is 1. The van der Waals surface area contributed by atoms with Crippen molar-refractivity contribution in [3.05, 3.63) is 35.4 Å². The maximum atomic E-state index is 14.2. The smallest absolute Gasteiger partial charge is 0.193 e. The highest BCUT2D eigenvalue weighted by Crippen LogP contribution is 2.28. The minimum absolute atomic E-state index is 0.0108. The zero-order chi connectivity index (χ0) is 22.1. The van der Waals surface area contributed by atoms with Gasteiger partial charge in [-0.15, -0.1) is 0 Å². The fourth-order valence-corrected chi connectivity index (χ4v) is 3.99. The van der Waals surface area contributed by atoms with Crippen molar-refractivity contribution in [2.45, 2.75) is 19.4 Å². The molecule has 30 heavy (non-hydrogen) atoms. The van der Waals surface area contributed by atoms with Crippen LogP contribution in [0.4, 0.5) is 8.78 Å². The van der Waals surface area contributed by atoms with Crippen LogP contribution in [0.15, 0.2) is 23.2 Å². The summed E-state index contributed by atoms with van der Waals surface area (Å²) in [4.78, 5) is 8.64. The molecule has 170 valence electrons. The van der Waals surface area contributed by atoms with Crippen LogP contribution in [0.1, 0.15) is 24.9 Å². The van der Waals surface area contributed by atoms with E-state index in [0.29, 0.717) is 18.7 Å². The van der Waals surface area contributed by atoms with E-state index in [1.54, 1.807) is 7.05 Å². The molecule has 1 heterocycles. The molecule has 1 aliphatic heterocycles. The summed E-state index contributed by atoms with van der Waals surface area (Å²) in [5.41, 5.74) is 0.529. The number of halogens is 2. The zero-order valence-electron chi connectivity index (χ0n) is 17.9. The fourth-order valence-electron chi connectivity index (χ4n) is 3.57. The standard InChI is InChI=1S/C20H32F2N4O3S/c1-4-19(17-6-5-16(21)15-18(17)22)25-8-10-26(11-9-25)20(23-2)24-7-12-29-13-14-30(3,27)28/h5-6,15,19H,4,7-14H2,1-3H3,(H,23,24). The summed E-state index contributed by atoms with van der Waals surface area (Å²) in [7, 11) is -1.30. The van der Waals surface area contributed by atoms with E-state index in [1.165, 1.54) is 18.4 Å². The van der Waals surface area contributed by atoms with Crippen LogP contribution in [0.25, 0.3) is 0 Å². The van der Waals surface area contributed by atoms with Gasteiger partial charge in [-0.2, -0.15) is 0 Å². The van der Waals surface area contributed by atoms with Crippen molar-refractivity contribution >= 4 is 15.8 Å². The van der Waals surface area contributed by atoms with Gasteiger partial charge in [0, 0.05) is 63.7 Å². The Hall–Kier alpha value is -1.78. The van der Waals surface area contributed by atoms with E-state index in [2.05, 4.69) is 20.1 Å². The minimum atomic E-state index is -3.01. The van der Waals surface area contributed by atoms with Gasteiger partial charge in [0.1, 0.15) is 21.5 Å². The van der Waals surface area contributed by atoms with Gasteiger partial charge in [0.15, 0.2) is 5.96 Å². The van der Waals surface area contributed by atoms with E-state index in [-0.39, 0.29) is 18.4 Å². The molecule has 0 amide bonds. The topological polar surface area (TPSA) is 74.2 Å². The molecule has 1 N–H and O–H groups in total. The first kappa shape index (κ1) is 24.5. The lowest BCUT2D eigenvalue weighted by Crippen LogP contribution is -2.53. The number of hydrogen-bond acceptors (Lipinski definition) is 5. The van der Waals surface area contributed by atoms with Crippen LogP contribution in [0.5, 0.6) is 0 Å². The van der Waals surface area contributed by atoms with Crippen LogP contribution in [-0.4, -0.2) is 89.2 Å². The summed E-state index contributed by atoms with van der Waals surface area (Å²) < 4.78 is 55.0. The molecule has 0 spiro atoms. The number of nitrogens with zero attached hydrogens (tertiary/aromatic N) is 3. The number of piperazine rings is 1. The molecule has 0 aliphatic carbocycles. The lowest BCUT2D eigenvalue weighted by molar-refractivity contribution is 0.123. The van der Waals surface area contributed by atoms with Crippen LogP contribution in [0.3, 0.4) is 0 Å². The molecule has 1 saturated heterocycles. The molecule has 2 rings (SSSR count). The van der Waals surface area contributed by atoms with Gasteiger partial charge < -0.3 is 15.0 Å². The van der Waals surface area contributed by atoms with E-state index in [1.807, 2.05) is 6.92 Å². The lowest BCUT2D eigenvalue weighted by atomic mass is 10.0. The molecule has 0 bridgehead atoms. The van der Waals surface area contributed by atoms with Crippen molar-refractivity contribution in [2.75, 3.05) is 65.0 Å². The third-order valence-corrected chi connectivity index (χ3v) is 6.01. The first-order chi connectivity index (χ1) is 14.2. The van der Waals surface area contributed by atoms with E-state index < -0.39 is 21.5 Å². The second kappa shape index (κ2) is 11.6. The second-order valence-corrected chi connectivity index (χ2v) is 9.59. The van der Waals surface area contributed by atoms with Gasteiger partial charge in [0.2, 0.25) is 0 Å². The SMILES string of the molecule is CCC(c1ccc(F)cc1F)N1CCN(C(=NC)NCCOCCS(C)(=O)=O)CC1. The number of benzene rings is 1. The summed E-state index contributed by atoms with van der Waals surface area (Å²) >= 11 is 0. The Bertz CT molecular complexity index is 812. The minimum Gasteiger partial charge on any atom is -0.379 e. The summed E-state index contributed by atoms with van der Waals surface area (Å²) in [6.45, 7) is 6.02. The Morgan fingerprint density at radius 3 is 2.50 bits per heavy atom. The summed E-state index contributed by atoms with van der Waals surface area (Å²) in [5.74, 6) is -0.303. The van der Waals surface area contributed by atoms with Gasteiger partial charge in [0.25, 0.3) is 0 Å². The van der Waals surface area contributed by atoms with Crippen LogP contribution in [-0.2, 0) is 14.6 Å². The van der Waals surface area contributed by atoms with Crippen molar-refractivity contribution in [1.82, 2.24) is 15.1 Å². The molecule has 1 atom stereocenters. The predicted octanol–water partition coefficient (Wildman–Crippen LogP) is 1.67. The highest BCUT2D eigenvalue weighted by atomic mass is 32.2. The first-order valence-electron chi connectivity index (χ1n) is 10.1. The van der Waals surface area contributed by atoms with E-state index >= 15 is 0 Å². The molecule has 7 nitrogen and oxygen atoms in total. The molecular weight excluding hydrogens is 414 g/mol. The number of rotatable bonds is 9. The van der Waals surface area contributed by atoms with Gasteiger partial charge in [-0.05, 0) is 12.5 Å². The third kappa shape index (κ3) is 7.48. The normalized spacial score (nSPS) is 17.2. The monoisotopic (exact) mass is 446 g/mol. The largest absolute Gasteiger partial charge is 0.379 e. The number of hydrogen-bond donors (Lipinski definition) is 1. The molecule has 1 unspecified atom stereocenters. The molecule has 0 radical (unpaired) electrons. The van der Waals surface area contributed by atoms with Crippen LogP contribution in [0, 0.1) is 11.6 Å². The van der Waals surface area contributed by atoms with Crippen molar-refractivity contribution < 1.29 is 21.9 Å². The molecular formula is C20H32F2N4O3S. The number of sulfone groups is 1. The van der Waals surface area contributed by atoms with E-state index in [0.717, 1.165) is 44.6 Å². The van der Waals surface area contributed by atoms with Crippen molar-refractivity contribution in [2.24, 2.45) is 4.99 Å². The third-order valence-electron chi connectivity index (χ3n) is 5.10. The average Bonchev–Trinajstić information content (AvgIpc) is 2.69.